The molecule has 1 spiro atoms. The Morgan fingerprint density at radius 1 is 1.30 bits per heavy atom. The average molecular weight is 285 g/mol. The van der Waals surface area contributed by atoms with Gasteiger partial charge in [-0.15, -0.1) is 0 Å². The monoisotopic (exact) mass is 285 g/mol. The van der Waals surface area contributed by atoms with Crippen LogP contribution in [0, 0.1) is 5.92 Å². The fourth-order valence-corrected chi connectivity index (χ4v) is 3.73. The van der Waals surface area contributed by atoms with Crippen LogP contribution in [0.15, 0.2) is 0 Å². The molecule has 118 valence electrons. The molecule has 2 aliphatic heterocycles. The minimum Gasteiger partial charge on any atom is -0.381 e. The highest BCUT2D eigenvalue weighted by atomic mass is 16.5. The van der Waals surface area contributed by atoms with Crippen molar-refractivity contribution < 1.29 is 14.2 Å². The lowest BCUT2D eigenvalue weighted by Crippen LogP contribution is -2.56. The quantitative estimate of drug-likeness (QED) is 0.843. The lowest BCUT2D eigenvalue weighted by atomic mass is 9.73. The van der Waals surface area contributed by atoms with E-state index in [1.807, 2.05) is 6.92 Å². The van der Waals surface area contributed by atoms with Crippen LogP contribution in [0.1, 0.15) is 52.9 Å². The summed E-state index contributed by atoms with van der Waals surface area (Å²) in [6, 6.07) is 0.0797. The van der Waals surface area contributed by atoms with Crippen LogP contribution < -0.4 is 5.73 Å². The van der Waals surface area contributed by atoms with E-state index in [0.717, 1.165) is 58.5 Å². The van der Waals surface area contributed by atoms with Crippen LogP contribution in [0.2, 0.25) is 0 Å². The molecular weight excluding hydrogens is 254 g/mol. The Morgan fingerprint density at radius 3 is 2.60 bits per heavy atom. The maximum Gasteiger partial charge on any atom is 0.0804 e. The molecule has 2 heterocycles. The van der Waals surface area contributed by atoms with E-state index in [-0.39, 0.29) is 17.2 Å². The number of nitrogens with two attached hydrogens (primary N) is 1. The van der Waals surface area contributed by atoms with Gasteiger partial charge < -0.3 is 19.9 Å². The Hall–Kier alpha value is -0.160. The number of hydrogen-bond donors (Lipinski definition) is 1. The van der Waals surface area contributed by atoms with Gasteiger partial charge in [0.15, 0.2) is 0 Å². The molecule has 3 unspecified atom stereocenters. The molecule has 0 bridgehead atoms. The third kappa shape index (κ3) is 3.35. The second-order valence-corrected chi connectivity index (χ2v) is 6.52. The van der Waals surface area contributed by atoms with Crippen LogP contribution in [0.3, 0.4) is 0 Å². The Morgan fingerprint density at radius 2 is 2.00 bits per heavy atom. The van der Waals surface area contributed by atoms with Crippen molar-refractivity contribution in [2.45, 2.75) is 70.1 Å². The van der Waals surface area contributed by atoms with Crippen LogP contribution in [0.25, 0.3) is 0 Å². The normalized spacial score (nSPS) is 30.9. The fourth-order valence-electron chi connectivity index (χ4n) is 3.73. The lowest BCUT2D eigenvalue weighted by Gasteiger charge is -2.48. The molecule has 0 amide bonds. The Balaban J connectivity index is 2.03. The first-order valence-electron chi connectivity index (χ1n) is 8.16. The van der Waals surface area contributed by atoms with Crippen molar-refractivity contribution in [1.29, 1.82) is 0 Å². The summed E-state index contributed by atoms with van der Waals surface area (Å²) < 4.78 is 17.6. The van der Waals surface area contributed by atoms with Gasteiger partial charge in [0.25, 0.3) is 0 Å². The molecule has 2 N–H and O–H groups in total. The van der Waals surface area contributed by atoms with Gasteiger partial charge in [0.1, 0.15) is 0 Å². The van der Waals surface area contributed by atoms with E-state index >= 15 is 0 Å². The van der Waals surface area contributed by atoms with E-state index in [9.17, 15) is 0 Å². The summed E-state index contributed by atoms with van der Waals surface area (Å²) in [5, 5.41) is 0. The maximum atomic E-state index is 6.60. The van der Waals surface area contributed by atoms with Crippen LogP contribution in [0.4, 0.5) is 0 Å². The highest BCUT2D eigenvalue weighted by molar-refractivity contribution is 4.97. The van der Waals surface area contributed by atoms with E-state index in [1.54, 1.807) is 0 Å². The molecule has 2 aliphatic rings. The average Bonchev–Trinajstić information content (AvgIpc) is 2.47. The van der Waals surface area contributed by atoms with Crippen molar-refractivity contribution in [1.82, 2.24) is 0 Å². The molecule has 4 heteroatoms. The summed E-state index contributed by atoms with van der Waals surface area (Å²) in [4.78, 5) is 0. The zero-order chi connectivity index (χ0) is 14.6. The third-order valence-electron chi connectivity index (χ3n) is 5.32. The summed E-state index contributed by atoms with van der Waals surface area (Å²) in [7, 11) is 0. The first-order valence-corrected chi connectivity index (χ1v) is 8.16. The summed E-state index contributed by atoms with van der Waals surface area (Å²) in [5.41, 5.74) is 6.40. The molecule has 0 aromatic rings. The van der Waals surface area contributed by atoms with Crippen LogP contribution in [-0.4, -0.2) is 43.7 Å². The van der Waals surface area contributed by atoms with E-state index in [2.05, 4.69) is 13.8 Å². The standard InChI is InChI=1S/C16H31NO3/c1-4-15(3,19-5-2)14(17)13-6-9-20-16(12-13)7-10-18-11-8-16/h13-14H,4-12,17H2,1-3H3. The number of rotatable bonds is 5. The van der Waals surface area contributed by atoms with Gasteiger partial charge in [-0.2, -0.15) is 0 Å². The summed E-state index contributed by atoms with van der Waals surface area (Å²) in [6.45, 7) is 9.55. The predicted molar refractivity (Wildman–Crippen MR) is 79.8 cm³/mol. The van der Waals surface area contributed by atoms with Gasteiger partial charge in [-0.1, -0.05) is 6.92 Å². The van der Waals surface area contributed by atoms with Crippen molar-refractivity contribution >= 4 is 0 Å². The molecule has 20 heavy (non-hydrogen) atoms. The molecule has 2 saturated heterocycles. The van der Waals surface area contributed by atoms with E-state index in [1.165, 1.54) is 0 Å². The molecule has 2 fully saturated rings. The van der Waals surface area contributed by atoms with Gasteiger partial charge in [-0.3, -0.25) is 0 Å². The predicted octanol–water partition coefficient (Wildman–Crippen LogP) is 2.49. The molecule has 0 aromatic carbocycles. The molecule has 4 nitrogen and oxygen atoms in total. The van der Waals surface area contributed by atoms with Gasteiger partial charge in [0, 0.05) is 32.5 Å². The second kappa shape index (κ2) is 6.73. The van der Waals surface area contributed by atoms with Gasteiger partial charge >= 0.3 is 0 Å². The van der Waals surface area contributed by atoms with Gasteiger partial charge in [-0.25, -0.2) is 0 Å². The molecule has 2 rings (SSSR count). The summed E-state index contributed by atoms with van der Waals surface area (Å²) >= 11 is 0. The molecular formula is C16H31NO3. The zero-order valence-corrected chi connectivity index (χ0v) is 13.3. The van der Waals surface area contributed by atoms with Crippen molar-refractivity contribution in [2.24, 2.45) is 11.7 Å². The molecule has 0 aliphatic carbocycles. The fraction of sp³-hybridized carbons (Fsp3) is 1.00. The molecule has 3 atom stereocenters. The maximum absolute atomic E-state index is 6.60. The van der Waals surface area contributed by atoms with Crippen molar-refractivity contribution in [3.05, 3.63) is 0 Å². The van der Waals surface area contributed by atoms with Crippen molar-refractivity contribution in [3.63, 3.8) is 0 Å². The topological polar surface area (TPSA) is 53.7 Å². The highest BCUT2D eigenvalue weighted by Gasteiger charge is 2.44. The van der Waals surface area contributed by atoms with Crippen LogP contribution in [-0.2, 0) is 14.2 Å². The zero-order valence-electron chi connectivity index (χ0n) is 13.3. The first kappa shape index (κ1) is 16.2. The third-order valence-corrected chi connectivity index (χ3v) is 5.32. The van der Waals surface area contributed by atoms with E-state index in [0.29, 0.717) is 5.92 Å². The Kier molecular flexibility index (Phi) is 5.46. The summed E-state index contributed by atoms with van der Waals surface area (Å²) in [6.07, 6.45) is 5.07. The van der Waals surface area contributed by atoms with Gasteiger partial charge in [0.2, 0.25) is 0 Å². The van der Waals surface area contributed by atoms with Gasteiger partial charge in [0.05, 0.1) is 11.2 Å². The Labute approximate surface area is 123 Å². The smallest absolute Gasteiger partial charge is 0.0804 e. The lowest BCUT2D eigenvalue weighted by molar-refractivity contribution is -0.160. The largest absolute Gasteiger partial charge is 0.381 e. The van der Waals surface area contributed by atoms with E-state index < -0.39 is 0 Å². The minimum absolute atomic E-state index is 0.0135. The molecule has 0 radical (unpaired) electrons. The minimum atomic E-state index is -0.219. The summed E-state index contributed by atoms with van der Waals surface area (Å²) in [5.74, 6) is 0.485. The number of hydrogen-bond acceptors (Lipinski definition) is 4. The van der Waals surface area contributed by atoms with Crippen LogP contribution in [0.5, 0.6) is 0 Å². The first-order chi connectivity index (χ1) is 9.55. The van der Waals surface area contributed by atoms with E-state index in [4.69, 9.17) is 19.9 Å². The molecule has 0 saturated carbocycles. The second-order valence-electron chi connectivity index (χ2n) is 6.52. The highest BCUT2D eigenvalue weighted by Crippen LogP contribution is 2.40. The van der Waals surface area contributed by atoms with Crippen LogP contribution >= 0.6 is 0 Å². The molecule has 0 aromatic heterocycles. The van der Waals surface area contributed by atoms with Crippen molar-refractivity contribution in [3.8, 4) is 0 Å². The van der Waals surface area contributed by atoms with Crippen molar-refractivity contribution in [2.75, 3.05) is 26.4 Å². The van der Waals surface area contributed by atoms with Gasteiger partial charge in [-0.05, 0) is 51.9 Å². The number of ether oxygens (including phenoxy) is 3. The Bertz CT molecular complexity index is 299. The SMILES string of the molecule is CCOC(C)(CC)C(N)C1CCOC2(CCOCC2)C1.